The van der Waals surface area contributed by atoms with Crippen molar-refractivity contribution in [3.05, 3.63) is 29.3 Å². The summed E-state index contributed by atoms with van der Waals surface area (Å²) in [7, 11) is 1.28. The van der Waals surface area contributed by atoms with E-state index in [9.17, 15) is 4.79 Å². The van der Waals surface area contributed by atoms with E-state index in [0.717, 1.165) is 15.2 Å². The van der Waals surface area contributed by atoms with Crippen molar-refractivity contribution in [3.8, 4) is 5.69 Å². The summed E-state index contributed by atoms with van der Waals surface area (Å²) in [4.78, 5) is 19.7. The number of nitrogens with two attached hydrogens (primary N) is 1. The van der Waals surface area contributed by atoms with Gasteiger partial charge in [-0.2, -0.15) is 0 Å². The van der Waals surface area contributed by atoms with Crippen molar-refractivity contribution in [1.82, 2.24) is 19.7 Å². The summed E-state index contributed by atoms with van der Waals surface area (Å²) in [6.07, 6.45) is 1.42. The summed E-state index contributed by atoms with van der Waals surface area (Å²) >= 11 is 1.57. The van der Waals surface area contributed by atoms with Crippen LogP contribution in [0.25, 0.3) is 15.9 Å². The molecule has 2 heterocycles. The first-order valence-electron chi connectivity index (χ1n) is 5.75. The molecule has 20 heavy (non-hydrogen) atoms. The van der Waals surface area contributed by atoms with Gasteiger partial charge in [0.1, 0.15) is 6.33 Å². The minimum absolute atomic E-state index is 0.0125. The van der Waals surface area contributed by atoms with Crippen LogP contribution in [0.4, 0.5) is 5.69 Å². The Morgan fingerprint density at radius 1 is 1.45 bits per heavy atom. The van der Waals surface area contributed by atoms with Crippen LogP contribution in [0.5, 0.6) is 0 Å². The number of fused-ring (bicyclic) bond motifs is 1. The smallest absolute Gasteiger partial charge is 0.377 e. The molecular weight excluding hydrogens is 278 g/mol. The number of benzene rings is 1. The summed E-state index contributed by atoms with van der Waals surface area (Å²) < 4.78 is 7.02. The van der Waals surface area contributed by atoms with E-state index in [1.165, 1.54) is 18.1 Å². The number of nitrogen functional groups attached to an aromatic ring is 1. The zero-order valence-electron chi connectivity index (χ0n) is 10.8. The lowest BCUT2D eigenvalue weighted by Gasteiger charge is -2.04. The molecule has 0 fully saturated rings. The summed E-state index contributed by atoms with van der Waals surface area (Å²) in [6, 6.07) is 3.67. The zero-order chi connectivity index (χ0) is 14.3. The molecule has 0 aliphatic carbocycles. The fraction of sp³-hybridized carbons (Fsp3) is 0.167. The second kappa shape index (κ2) is 4.57. The Hall–Kier alpha value is -2.48. The van der Waals surface area contributed by atoms with Gasteiger partial charge in [0.2, 0.25) is 0 Å². The van der Waals surface area contributed by atoms with Crippen LogP contribution in [0.2, 0.25) is 0 Å². The highest BCUT2D eigenvalue weighted by molar-refractivity contribution is 7.18. The van der Waals surface area contributed by atoms with E-state index in [2.05, 4.69) is 19.8 Å². The lowest BCUT2D eigenvalue weighted by Crippen LogP contribution is -2.06. The number of ether oxygens (including phenoxy) is 1. The molecule has 7 nitrogen and oxygen atoms in total. The van der Waals surface area contributed by atoms with E-state index < -0.39 is 5.97 Å². The number of hydrogen-bond donors (Lipinski definition) is 1. The second-order valence-corrected chi connectivity index (χ2v) is 5.35. The van der Waals surface area contributed by atoms with Gasteiger partial charge in [0, 0.05) is 0 Å². The molecule has 0 saturated heterocycles. The van der Waals surface area contributed by atoms with E-state index in [-0.39, 0.29) is 5.82 Å². The first kappa shape index (κ1) is 12.5. The number of methoxy groups -OCH3 is 1. The standard InChI is InChI=1S/C12H11N5O2S/c1-6-15-8-4-9(7(13)3-10(8)20-6)17-5-14-11(16-17)12(18)19-2/h3-5H,13H2,1-2H3. The average molecular weight is 289 g/mol. The van der Waals surface area contributed by atoms with Gasteiger partial charge in [-0.1, -0.05) is 0 Å². The van der Waals surface area contributed by atoms with Gasteiger partial charge in [-0.3, -0.25) is 0 Å². The van der Waals surface area contributed by atoms with Gasteiger partial charge in [-0.05, 0) is 19.1 Å². The Labute approximate surface area is 118 Å². The quantitative estimate of drug-likeness (QED) is 0.568. The number of anilines is 1. The van der Waals surface area contributed by atoms with Crippen LogP contribution >= 0.6 is 11.3 Å². The molecular formula is C12H11N5O2S. The average Bonchev–Trinajstić information content (AvgIpc) is 3.02. The predicted octanol–water partition coefficient (Wildman–Crippen LogP) is 1.55. The molecule has 3 rings (SSSR count). The molecule has 2 aromatic heterocycles. The molecule has 0 aliphatic heterocycles. The van der Waals surface area contributed by atoms with Crippen molar-refractivity contribution < 1.29 is 9.53 Å². The number of hydrogen-bond acceptors (Lipinski definition) is 7. The lowest BCUT2D eigenvalue weighted by atomic mass is 10.2. The van der Waals surface area contributed by atoms with Crippen LogP contribution in [-0.2, 0) is 4.74 Å². The minimum atomic E-state index is -0.590. The van der Waals surface area contributed by atoms with Crippen molar-refractivity contribution in [2.24, 2.45) is 0 Å². The third-order valence-electron chi connectivity index (χ3n) is 2.75. The zero-order valence-corrected chi connectivity index (χ0v) is 11.6. The topological polar surface area (TPSA) is 95.9 Å². The molecule has 0 spiro atoms. The van der Waals surface area contributed by atoms with Crippen LogP contribution in [0.15, 0.2) is 18.5 Å². The Bertz CT molecular complexity index is 807. The van der Waals surface area contributed by atoms with E-state index in [0.29, 0.717) is 11.4 Å². The van der Waals surface area contributed by atoms with Gasteiger partial charge in [0.25, 0.3) is 5.82 Å². The first-order valence-corrected chi connectivity index (χ1v) is 6.57. The maximum atomic E-state index is 11.4. The SMILES string of the molecule is COC(=O)c1ncn(-c2cc3nc(C)sc3cc2N)n1. The Kier molecular flexibility index (Phi) is 2.87. The monoisotopic (exact) mass is 289 g/mol. The Morgan fingerprint density at radius 2 is 2.25 bits per heavy atom. The highest BCUT2D eigenvalue weighted by Crippen LogP contribution is 2.28. The number of carbonyl (C=O) groups excluding carboxylic acids is 1. The predicted molar refractivity (Wildman–Crippen MR) is 75.0 cm³/mol. The maximum Gasteiger partial charge on any atom is 0.377 e. The number of carbonyl (C=O) groups is 1. The van der Waals surface area contributed by atoms with Gasteiger partial charge in [-0.15, -0.1) is 16.4 Å². The Balaban J connectivity index is 2.11. The van der Waals surface area contributed by atoms with Gasteiger partial charge in [0.15, 0.2) is 0 Å². The molecule has 1 aromatic carbocycles. The molecule has 0 amide bonds. The van der Waals surface area contributed by atoms with Crippen LogP contribution < -0.4 is 5.73 Å². The number of rotatable bonds is 2. The van der Waals surface area contributed by atoms with E-state index in [1.807, 2.05) is 19.1 Å². The van der Waals surface area contributed by atoms with E-state index >= 15 is 0 Å². The largest absolute Gasteiger partial charge is 0.463 e. The van der Waals surface area contributed by atoms with Gasteiger partial charge in [-0.25, -0.2) is 19.4 Å². The molecule has 8 heteroatoms. The molecule has 102 valence electrons. The number of thiazole rings is 1. The van der Waals surface area contributed by atoms with Crippen molar-refractivity contribution in [1.29, 1.82) is 0 Å². The molecule has 0 saturated carbocycles. The third kappa shape index (κ3) is 1.99. The van der Waals surface area contributed by atoms with Crippen molar-refractivity contribution in [3.63, 3.8) is 0 Å². The van der Waals surface area contributed by atoms with E-state index in [1.54, 1.807) is 11.3 Å². The number of nitrogens with zero attached hydrogens (tertiary/aromatic N) is 4. The fourth-order valence-electron chi connectivity index (χ4n) is 1.86. The minimum Gasteiger partial charge on any atom is -0.463 e. The van der Waals surface area contributed by atoms with Crippen molar-refractivity contribution in [2.75, 3.05) is 12.8 Å². The molecule has 2 N–H and O–H groups in total. The summed E-state index contributed by atoms with van der Waals surface area (Å²) in [5, 5.41) is 5.02. The van der Waals surface area contributed by atoms with Gasteiger partial charge >= 0.3 is 5.97 Å². The van der Waals surface area contributed by atoms with Crippen LogP contribution in [0.1, 0.15) is 15.6 Å². The molecule has 0 atom stereocenters. The van der Waals surface area contributed by atoms with E-state index in [4.69, 9.17) is 5.73 Å². The number of esters is 1. The van der Waals surface area contributed by atoms with Crippen molar-refractivity contribution >= 4 is 33.2 Å². The highest BCUT2D eigenvalue weighted by atomic mass is 32.1. The molecule has 3 aromatic rings. The summed E-state index contributed by atoms with van der Waals surface area (Å²) in [5.74, 6) is -0.602. The van der Waals surface area contributed by atoms with Crippen LogP contribution in [-0.4, -0.2) is 32.8 Å². The van der Waals surface area contributed by atoms with Crippen LogP contribution in [0, 0.1) is 6.92 Å². The molecule has 0 radical (unpaired) electrons. The normalized spacial score (nSPS) is 10.9. The third-order valence-corrected chi connectivity index (χ3v) is 3.68. The summed E-state index contributed by atoms with van der Waals surface area (Å²) in [6.45, 7) is 1.94. The number of aromatic nitrogens is 4. The van der Waals surface area contributed by atoms with Gasteiger partial charge < -0.3 is 10.5 Å². The number of aryl methyl sites for hydroxylation is 1. The highest BCUT2D eigenvalue weighted by Gasteiger charge is 2.14. The van der Waals surface area contributed by atoms with Crippen molar-refractivity contribution in [2.45, 2.75) is 6.92 Å². The first-order chi connectivity index (χ1) is 9.58. The maximum absolute atomic E-state index is 11.4. The van der Waals surface area contributed by atoms with Gasteiger partial charge in [0.05, 0.1) is 33.7 Å². The summed E-state index contributed by atoms with van der Waals surface area (Å²) in [5.41, 5.74) is 8.03. The second-order valence-electron chi connectivity index (χ2n) is 4.12. The Morgan fingerprint density at radius 3 is 3.00 bits per heavy atom. The van der Waals surface area contributed by atoms with Crippen LogP contribution in [0.3, 0.4) is 0 Å². The molecule has 0 unspecified atom stereocenters. The lowest BCUT2D eigenvalue weighted by molar-refractivity contribution is 0.0587. The molecule has 0 aliphatic rings. The fourth-order valence-corrected chi connectivity index (χ4v) is 2.71. The molecule has 0 bridgehead atoms.